The van der Waals surface area contributed by atoms with Crippen LogP contribution in [0, 0.1) is 0 Å². The second-order valence-electron chi connectivity index (χ2n) is 9.16. The Hall–Kier alpha value is -0.813. The molecule has 1 fully saturated rings. The summed E-state index contributed by atoms with van der Waals surface area (Å²) in [5.74, 6) is 0. The molecule has 2 atom stereocenters. The van der Waals surface area contributed by atoms with Gasteiger partial charge >= 0.3 is 6.09 Å². The Balaban J connectivity index is 2.80. The number of amides is 1. The first-order valence-corrected chi connectivity index (χ1v) is 11.5. The molecule has 0 heterocycles. The van der Waals surface area contributed by atoms with Gasteiger partial charge in [0.1, 0.15) is 5.60 Å². The van der Waals surface area contributed by atoms with E-state index in [2.05, 4.69) is 45.8 Å². The van der Waals surface area contributed by atoms with Gasteiger partial charge in [-0.2, -0.15) is 0 Å². The fraction of sp³-hybridized carbons (Fsp3) is 0.833. The van der Waals surface area contributed by atoms with Gasteiger partial charge in [0.05, 0.1) is 12.1 Å². The Morgan fingerprint density at radius 3 is 2.26 bits per heavy atom. The highest BCUT2D eigenvalue weighted by atomic mass is 28.4. The van der Waals surface area contributed by atoms with Crippen molar-refractivity contribution >= 4 is 14.4 Å². The van der Waals surface area contributed by atoms with Crippen LogP contribution in [0.5, 0.6) is 0 Å². The molecule has 0 aromatic rings. The maximum atomic E-state index is 12.1. The molecule has 1 amide bonds. The molecule has 4 nitrogen and oxygen atoms in total. The molecule has 134 valence electrons. The average molecular weight is 342 g/mol. The molecular formula is C18H35NO3Si. The second-order valence-corrected chi connectivity index (χ2v) is 13.9. The highest BCUT2D eigenvalue weighted by molar-refractivity contribution is 6.74. The monoisotopic (exact) mass is 341 g/mol. The largest absolute Gasteiger partial charge is 0.444 e. The summed E-state index contributed by atoms with van der Waals surface area (Å²) < 4.78 is 12.0. The van der Waals surface area contributed by atoms with Crippen LogP contribution in [-0.2, 0) is 9.16 Å². The van der Waals surface area contributed by atoms with Crippen molar-refractivity contribution in [2.24, 2.45) is 0 Å². The minimum Gasteiger partial charge on any atom is -0.444 e. The standard InChI is InChI=1S/C18H35NO3Si/c1-13-10-11-14(19-16(20)21-17(2,3)4)15(12-13)22-23(8,9)18(5,6)7/h14-15H,1,10-12H2,2-9H3,(H,19,20)/t14-,15?/m1/s1. The molecule has 1 aliphatic carbocycles. The van der Waals surface area contributed by atoms with Gasteiger partial charge in [-0.3, -0.25) is 0 Å². The van der Waals surface area contributed by atoms with Crippen LogP contribution in [0.25, 0.3) is 0 Å². The molecule has 1 N–H and O–H groups in total. The summed E-state index contributed by atoms with van der Waals surface area (Å²) in [6.45, 7) is 20.9. The van der Waals surface area contributed by atoms with Crippen molar-refractivity contribution in [2.45, 2.75) is 96.7 Å². The predicted molar refractivity (Wildman–Crippen MR) is 98.2 cm³/mol. The summed E-state index contributed by atoms with van der Waals surface area (Å²) in [5.41, 5.74) is 0.717. The van der Waals surface area contributed by atoms with Gasteiger partial charge in [-0.25, -0.2) is 4.79 Å². The number of hydrogen-bond donors (Lipinski definition) is 1. The van der Waals surface area contributed by atoms with Crippen LogP contribution in [0.4, 0.5) is 4.79 Å². The van der Waals surface area contributed by atoms with E-state index in [-0.39, 0.29) is 23.3 Å². The molecule has 0 saturated heterocycles. The number of ether oxygens (including phenoxy) is 1. The van der Waals surface area contributed by atoms with E-state index in [9.17, 15) is 4.79 Å². The van der Waals surface area contributed by atoms with Crippen molar-refractivity contribution in [2.75, 3.05) is 0 Å². The van der Waals surface area contributed by atoms with E-state index >= 15 is 0 Å². The molecule has 0 aliphatic heterocycles. The molecule has 1 aliphatic rings. The number of carbonyl (C=O) groups excluding carboxylic acids is 1. The minimum atomic E-state index is -1.89. The Morgan fingerprint density at radius 1 is 1.22 bits per heavy atom. The maximum absolute atomic E-state index is 12.1. The van der Waals surface area contributed by atoms with Gasteiger partial charge in [-0.05, 0) is 58.2 Å². The van der Waals surface area contributed by atoms with E-state index in [4.69, 9.17) is 9.16 Å². The third kappa shape index (κ3) is 6.30. The molecule has 0 spiro atoms. The lowest BCUT2D eigenvalue weighted by Crippen LogP contribution is -2.53. The number of nitrogens with one attached hydrogen (secondary N) is 1. The van der Waals surface area contributed by atoms with E-state index in [1.807, 2.05) is 20.8 Å². The number of alkyl carbamates (subject to hydrolysis) is 1. The summed E-state index contributed by atoms with van der Waals surface area (Å²) in [6.07, 6.45) is 2.23. The quantitative estimate of drug-likeness (QED) is 0.580. The maximum Gasteiger partial charge on any atom is 0.407 e. The minimum absolute atomic E-state index is 0.00957. The van der Waals surface area contributed by atoms with Gasteiger partial charge < -0.3 is 14.5 Å². The van der Waals surface area contributed by atoms with Gasteiger partial charge in [-0.15, -0.1) is 0 Å². The lowest BCUT2D eigenvalue weighted by molar-refractivity contribution is 0.0409. The third-order valence-corrected chi connectivity index (χ3v) is 9.21. The first-order chi connectivity index (χ1) is 10.2. The van der Waals surface area contributed by atoms with Crippen LogP contribution >= 0.6 is 0 Å². The van der Waals surface area contributed by atoms with Crippen molar-refractivity contribution in [1.82, 2.24) is 5.32 Å². The highest BCUT2D eigenvalue weighted by Crippen LogP contribution is 2.39. The van der Waals surface area contributed by atoms with Gasteiger partial charge in [-0.1, -0.05) is 32.9 Å². The molecule has 0 aromatic carbocycles. The smallest absolute Gasteiger partial charge is 0.407 e. The highest BCUT2D eigenvalue weighted by Gasteiger charge is 2.42. The Kier molecular flexibility index (Phi) is 6.13. The van der Waals surface area contributed by atoms with Crippen molar-refractivity contribution in [3.63, 3.8) is 0 Å². The van der Waals surface area contributed by atoms with Gasteiger partial charge in [0.15, 0.2) is 8.32 Å². The molecule has 1 saturated carbocycles. The molecule has 0 bridgehead atoms. The summed E-state index contributed by atoms with van der Waals surface area (Å²) in [7, 11) is -1.89. The van der Waals surface area contributed by atoms with Crippen molar-refractivity contribution in [1.29, 1.82) is 0 Å². The van der Waals surface area contributed by atoms with Gasteiger partial charge in [0.25, 0.3) is 0 Å². The van der Waals surface area contributed by atoms with Crippen LogP contribution in [0.1, 0.15) is 60.8 Å². The van der Waals surface area contributed by atoms with Crippen molar-refractivity contribution in [3.8, 4) is 0 Å². The summed E-state index contributed by atoms with van der Waals surface area (Å²) >= 11 is 0. The lowest BCUT2D eigenvalue weighted by Gasteiger charge is -2.43. The fourth-order valence-corrected chi connectivity index (χ4v) is 3.74. The van der Waals surface area contributed by atoms with E-state index < -0.39 is 13.9 Å². The van der Waals surface area contributed by atoms with Crippen LogP contribution in [-0.4, -0.2) is 32.2 Å². The molecule has 1 unspecified atom stereocenters. The van der Waals surface area contributed by atoms with Crippen LogP contribution in [0.3, 0.4) is 0 Å². The number of carbonyl (C=O) groups is 1. The molecular weight excluding hydrogens is 306 g/mol. The summed E-state index contributed by atoms with van der Waals surface area (Å²) in [6, 6.07) is -0.00975. The van der Waals surface area contributed by atoms with Gasteiger partial charge in [0.2, 0.25) is 0 Å². The molecule has 1 rings (SSSR count). The first kappa shape index (κ1) is 20.2. The molecule has 5 heteroatoms. The predicted octanol–water partition coefficient (Wildman–Crippen LogP) is 5.01. The van der Waals surface area contributed by atoms with Crippen molar-refractivity contribution < 1.29 is 14.0 Å². The van der Waals surface area contributed by atoms with Crippen molar-refractivity contribution in [3.05, 3.63) is 12.2 Å². The zero-order chi connectivity index (χ0) is 18.1. The van der Waals surface area contributed by atoms with E-state index in [0.29, 0.717) is 0 Å². The summed E-state index contributed by atoms with van der Waals surface area (Å²) in [4.78, 5) is 12.1. The van der Waals surface area contributed by atoms with E-state index in [1.54, 1.807) is 0 Å². The first-order valence-electron chi connectivity index (χ1n) is 8.55. The third-order valence-electron chi connectivity index (χ3n) is 4.70. The lowest BCUT2D eigenvalue weighted by atomic mass is 9.89. The molecule has 0 radical (unpaired) electrons. The molecule has 0 aromatic heterocycles. The Morgan fingerprint density at radius 2 is 1.78 bits per heavy atom. The second kappa shape index (κ2) is 6.97. The zero-order valence-electron chi connectivity index (χ0n) is 16.2. The zero-order valence-corrected chi connectivity index (χ0v) is 17.2. The van der Waals surface area contributed by atoms with E-state index in [0.717, 1.165) is 19.3 Å². The van der Waals surface area contributed by atoms with Gasteiger partial charge in [0, 0.05) is 0 Å². The Bertz CT molecular complexity index is 446. The Labute approximate surface area is 143 Å². The number of hydrogen-bond acceptors (Lipinski definition) is 3. The average Bonchev–Trinajstić information content (AvgIpc) is 2.28. The SMILES string of the molecule is C=C1CC[C@@H](NC(=O)OC(C)(C)C)C(O[Si](C)(C)C(C)(C)C)C1. The van der Waals surface area contributed by atoms with Crippen LogP contribution in [0.15, 0.2) is 12.2 Å². The topological polar surface area (TPSA) is 47.6 Å². The number of rotatable bonds is 3. The van der Waals surface area contributed by atoms with Crippen LogP contribution in [0.2, 0.25) is 18.1 Å². The van der Waals surface area contributed by atoms with Crippen LogP contribution < -0.4 is 5.32 Å². The summed E-state index contributed by atoms with van der Waals surface area (Å²) in [5, 5.41) is 3.16. The van der Waals surface area contributed by atoms with E-state index in [1.165, 1.54) is 5.57 Å². The normalized spacial score (nSPS) is 23.6. The molecule has 23 heavy (non-hydrogen) atoms. The fourth-order valence-electron chi connectivity index (χ4n) is 2.38.